The molecule has 0 radical (unpaired) electrons. The lowest BCUT2D eigenvalue weighted by Crippen LogP contribution is -2.45. The van der Waals surface area contributed by atoms with Crippen LogP contribution in [0, 0.1) is 11.8 Å². The maximum absolute atomic E-state index is 5.59. The van der Waals surface area contributed by atoms with E-state index in [1.165, 1.54) is 56.1 Å². The van der Waals surface area contributed by atoms with Crippen molar-refractivity contribution >= 4 is 17.3 Å². The first-order valence-electron chi connectivity index (χ1n) is 8.44. The molecule has 2 saturated carbocycles. The van der Waals surface area contributed by atoms with Crippen molar-refractivity contribution in [3.05, 3.63) is 35.4 Å². The van der Waals surface area contributed by atoms with E-state index in [-0.39, 0.29) is 0 Å². The van der Waals surface area contributed by atoms with Gasteiger partial charge in [-0.3, -0.25) is 0 Å². The minimum absolute atomic E-state index is 0.397. The molecule has 4 rings (SSSR count). The minimum atomic E-state index is 0.397. The third kappa shape index (κ3) is 2.68. The zero-order valence-electron chi connectivity index (χ0n) is 12.5. The van der Waals surface area contributed by atoms with E-state index in [1.807, 2.05) is 0 Å². The number of aryl methyl sites for hydroxylation is 1. The number of benzene rings is 1. The van der Waals surface area contributed by atoms with E-state index in [9.17, 15) is 0 Å². The van der Waals surface area contributed by atoms with Gasteiger partial charge in [0.25, 0.3) is 0 Å². The molecule has 2 bridgehead atoms. The average molecular weight is 300 g/mol. The summed E-state index contributed by atoms with van der Waals surface area (Å²) in [5.74, 6) is 1.83. The SMILES string of the molecule is S=C(N[C@H]1CCCc2ccccc21)N[C@@H]1C[C@H]2CC[C@H]1C2. The third-order valence-corrected chi connectivity index (χ3v) is 5.97. The van der Waals surface area contributed by atoms with Crippen LogP contribution >= 0.6 is 12.2 Å². The molecule has 112 valence electrons. The van der Waals surface area contributed by atoms with Gasteiger partial charge in [0.15, 0.2) is 5.11 Å². The fourth-order valence-electron chi connectivity index (χ4n) is 4.69. The van der Waals surface area contributed by atoms with Gasteiger partial charge in [-0.25, -0.2) is 0 Å². The topological polar surface area (TPSA) is 24.1 Å². The zero-order valence-corrected chi connectivity index (χ0v) is 13.3. The molecular weight excluding hydrogens is 276 g/mol. The van der Waals surface area contributed by atoms with Crippen LogP contribution in [0.4, 0.5) is 0 Å². The van der Waals surface area contributed by atoms with Gasteiger partial charge in [-0.2, -0.15) is 0 Å². The first-order chi connectivity index (χ1) is 10.3. The normalized spacial score (nSPS) is 33.5. The summed E-state index contributed by atoms with van der Waals surface area (Å²) in [6, 6.07) is 9.83. The number of hydrogen-bond donors (Lipinski definition) is 2. The molecule has 3 aliphatic rings. The van der Waals surface area contributed by atoms with Gasteiger partial charge in [-0.1, -0.05) is 30.7 Å². The van der Waals surface area contributed by atoms with Crippen molar-refractivity contribution in [2.75, 3.05) is 0 Å². The molecule has 2 fully saturated rings. The van der Waals surface area contributed by atoms with E-state index in [2.05, 4.69) is 34.9 Å². The predicted molar refractivity (Wildman–Crippen MR) is 90.2 cm³/mol. The fraction of sp³-hybridized carbons (Fsp3) is 0.611. The van der Waals surface area contributed by atoms with E-state index in [0.717, 1.165) is 16.9 Å². The smallest absolute Gasteiger partial charge is 0.167 e. The molecule has 3 heteroatoms. The van der Waals surface area contributed by atoms with Crippen LogP contribution in [0.5, 0.6) is 0 Å². The molecule has 0 aromatic heterocycles. The van der Waals surface area contributed by atoms with Gasteiger partial charge in [-0.15, -0.1) is 0 Å². The lowest BCUT2D eigenvalue weighted by Gasteiger charge is -2.30. The van der Waals surface area contributed by atoms with Gasteiger partial charge in [-0.05, 0) is 73.7 Å². The quantitative estimate of drug-likeness (QED) is 0.814. The van der Waals surface area contributed by atoms with Crippen LogP contribution in [-0.2, 0) is 6.42 Å². The molecule has 21 heavy (non-hydrogen) atoms. The van der Waals surface area contributed by atoms with Gasteiger partial charge in [0, 0.05) is 6.04 Å². The Morgan fingerprint density at radius 2 is 1.95 bits per heavy atom. The molecule has 1 aromatic carbocycles. The molecule has 0 aliphatic heterocycles. The van der Waals surface area contributed by atoms with Crippen LogP contribution in [0.25, 0.3) is 0 Å². The summed E-state index contributed by atoms with van der Waals surface area (Å²) < 4.78 is 0. The lowest BCUT2D eigenvalue weighted by molar-refractivity contribution is 0.386. The van der Waals surface area contributed by atoms with Gasteiger partial charge in [0.05, 0.1) is 6.04 Å². The number of nitrogens with one attached hydrogen (secondary N) is 2. The number of thiocarbonyl (C=S) groups is 1. The number of hydrogen-bond acceptors (Lipinski definition) is 1. The Morgan fingerprint density at radius 3 is 2.76 bits per heavy atom. The third-order valence-electron chi connectivity index (χ3n) is 5.73. The molecule has 0 unspecified atom stereocenters. The molecule has 0 spiro atoms. The second kappa shape index (κ2) is 5.60. The first-order valence-corrected chi connectivity index (χ1v) is 8.85. The Balaban J connectivity index is 1.39. The molecule has 2 N–H and O–H groups in total. The second-order valence-electron chi connectivity index (χ2n) is 7.04. The van der Waals surface area contributed by atoms with E-state index < -0.39 is 0 Å². The van der Waals surface area contributed by atoms with Crippen molar-refractivity contribution in [3.8, 4) is 0 Å². The summed E-state index contributed by atoms with van der Waals surface area (Å²) >= 11 is 5.59. The van der Waals surface area contributed by atoms with E-state index in [4.69, 9.17) is 12.2 Å². The van der Waals surface area contributed by atoms with Gasteiger partial charge in [0.2, 0.25) is 0 Å². The van der Waals surface area contributed by atoms with Gasteiger partial charge >= 0.3 is 0 Å². The summed E-state index contributed by atoms with van der Waals surface area (Å²) in [7, 11) is 0. The van der Waals surface area contributed by atoms with Crippen molar-refractivity contribution in [2.24, 2.45) is 11.8 Å². The highest BCUT2D eigenvalue weighted by atomic mass is 32.1. The largest absolute Gasteiger partial charge is 0.360 e. The van der Waals surface area contributed by atoms with E-state index in [1.54, 1.807) is 0 Å². The van der Waals surface area contributed by atoms with Crippen LogP contribution in [0.15, 0.2) is 24.3 Å². The summed E-state index contributed by atoms with van der Waals surface area (Å²) in [5.41, 5.74) is 2.94. The van der Waals surface area contributed by atoms with Crippen LogP contribution in [0.3, 0.4) is 0 Å². The van der Waals surface area contributed by atoms with Crippen LogP contribution in [-0.4, -0.2) is 11.2 Å². The van der Waals surface area contributed by atoms with Crippen molar-refractivity contribution in [3.63, 3.8) is 0 Å². The van der Waals surface area contributed by atoms with Crippen LogP contribution in [0.1, 0.15) is 55.7 Å². The fourth-order valence-corrected chi connectivity index (χ4v) is 4.99. The molecule has 0 heterocycles. The molecular formula is C18H24N2S. The number of fused-ring (bicyclic) bond motifs is 3. The zero-order chi connectivity index (χ0) is 14.2. The molecule has 3 aliphatic carbocycles. The molecule has 2 nitrogen and oxygen atoms in total. The summed E-state index contributed by atoms with van der Waals surface area (Å²) in [4.78, 5) is 0. The summed E-state index contributed by atoms with van der Waals surface area (Å²) in [6.45, 7) is 0. The van der Waals surface area contributed by atoms with E-state index >= 15 is 0 Å². The average Bonchev–Trinajstić information content (AvgIpc) is 3.10. The first kappa shape index (κ1) is 13.6. The Kier molecular flexibility index (Phi) is 3.62. The Hall–Kier alpha value is -1.09. The minimum Gasteiger partial charge on any atom is -0.360 e. The highest BCUT2D eigenvalue weighted by molar-refractivity contribution is 7.80. The molecule has 0 amide bonds. The monoisotopic (exact) mass is 300 g/mol. The highest BCUT2D eigenvalue weighted by Crippen LogP contribution is 2.44. The summed E-state index contributed by atoms with van der Waals surface area (Å²) in [6.07, 6.45) is 9.25. The highest BCUT2D eigenvalue weighted by Gasteiger charge is 2.39. The molecule has 4 atom stereocenters. The Bertz CT molecular complexity index is 542. The lowest BCUT2D eigenvalue weighted by atomic mass is 9.88. The van der Waals surface area contributed by atoms with Crippen LogP contribution in [0.2, 0.25) is 0 Å². The van der Waals surface area contributed by atoms with Gasteiger partial charge < -0.3 is 10.6 Å². The van der Waals surface area contributed by atoms with Crippen LogP contribution < -0.4 is 10.6 Å². The molecule has 0 saturated heterocycles. The Labute approximate surface area is 132 Å². The molecule has 1 aromatic rings. The maximum Gasteiger partial charge on any atom is 0.167 e. The second-order valence-corrected chi connectivity index (χ2v) is 7.45. The standard InChI is InChI=1S/C18H24N2S/c21-18(20-17-11-12-8-9-14(17)10-12)19-16-7-3-5-13-4-1-2-6-15(13)16/h1-2,4,6,12,14,16-17H,3,5,7-11H2,(H2,19,20,21)/t12-,14-,16-,17+/m0/s1. The van der Waals surface area contributed by atoms with Gasteiger partial charge in [0.1, 0.15) is 0 Å². The van der Waals surface area contributed by atoms with Crippen molar-refractivity contribution in [2.45, 2.75) is 57.0 Å². The van der Waals surface area contributed by atoms with Crippen molar-refractivity contribution in [1.82, 2.24) is 10.6 Å². The van der Waals surface area contributed by atoms with E-state index in [0.29, 0.717) is 12.1 Å². The number of rotatable bonds is 2. The summed E-state index contributed by atoms with van der Waals surface area (Å²) in [5, 5.41) is 8.06. The van der Waals surface area contributed by atoms with Crippen molar-refractivity contribution < 1.29 is 0 Å². The van der Waals surface area contributed by atoms with Crippen molar-refractivity contribution in [1.29, 1.82) is 0 Å². The maximum atomic E-state index is 5.59. The predicted octanol–water partition coefficient (Wildman–Crippen LogP) is 3.72. The Morgan fingerprint density at radius 1 is 1.05 bits per heavy atom.